The van der Waals surface area contributed by atoms with Gasteiger partial charge in [-0.1, -0.05) is 33.2 Å². The molecule has 1 fully saturated rings. The summed E-state index contributed by atoms with van der Waals surface area (Å²) in [6.07, 6.45) is 3.12. The topological polar surface area (TPSA) is 44.5 Å². The third-order valence-corrected chi connectivity index (χ3v) is 3.78. The second-order valence-electron chi connectivity index (χ2n) is 4.79. The van der Waals surface area contributed by atoms with Crippen molar-refractivity contribution in [3.63, 3.8) is 0 Å². The molecule has 4 nitrogen and oxygen atoms in total. The number of ether oxygens (including phenoxy) is 2. The molecule has 1 atom stereocenters. The molecule has 1 aromatic carbocycles. The molecule has 0 spiro atoms. The van der Waals surface area contributed by atoms with Gasteiger partial charge in [0.05, 0.1) is 0 Å². The minimum Gasteiger partial charge on any atom is -0.358 e. The smallest absolute Gasteiger partial charge is 0.163 e. The van der Waals surface area contributed by atoms with E-state index in [0.717, 1.165) is 47.4 Å². The maximum Gasteiger partial charge on any atom is 0.163 e. The van der Waals surface area contributed by atoms with E-state index in [1.807, 2.05) is 30.3 Å². The Hall–Kier alpha value is -1.17. The molecule has 0 aliphatic carbocycles. The molecule has 1 unspecified atom stereocenters. The number of nitrogens with zero attached hydrogens (tertiary/aromatic N) is 1. The van der Waals surface area contributed by atoms with Gasteiger partial charge in [0, 0.05) is 22.7 Å². The number of benzene rings is 1. The highest BCUT2D eigenvalue weighted by Crippen LogP contribution is 2.22. The minimum absolute atomic E-state index is 0.106. The van der Waals surface area contributed by atoms with Crippen molar-refractivity contribution in [2.24, 2.45) is 0 Å². The van der Waals surface area contributed by atoms with Gasteiger partial charge in [-0.2, -0.15) is 0 Å². The molecular weight excluding hydrogens is 322 g/mol. The third kappa shape index (κ3) is 3.48. The summed E-state index contributed by atoms with van der Waals surface area (Å²) < 4.78 is 17.5. The van der Waals surface area contributed by atoms with Crippen LogP contribution in [0.4, 0.5) is 0 Å². The van der Waals surface area contributed by atoms with Crippen LogP contribution in [-0.4, -0.2) is 18.1 Å². The van der Waals surface area contributed by atoms with E-state index in [1.165, 1.54) is 0 Å². The molecule has 0 saturated carbocycles. The molecule has 1 saturated heterocycles. The lowest BCUT2D eigenvalue weighted by Gasteiger charge is -2.21. The standard InChI is InChI=1S/C15H16BrNO3/c16-12-6-4-11(5-7-12)14-9-13(20-17-14)10-19-15-3-1-2-8-18-15/h4-7,9,15H,1-3,8,10H2. The second-order valence-corrected chi connectivity index (χ2v) is 5.71. The lowest BCUT2D eigenvalue weighted by molar-refractivity contribution is -0.171. The number of aromatic nitrogens is 1. The van der Waals surface area contributed by atoms with Crippen LogP contribution in [-0.2, 0) is 16.1 Å². The van der Waals surface area contributed by atoms with Crippen LogP contribution in [0, 0.1) is 0 Å². The van der Waals surface area contributed by atoms with Crippen molar-refractivity contribution in [1.82, 2.24) is 5.16 Å². The maximum absolute atomic E-state index is 5.67. The van der Waals surface area contributed by atoms with Crippen LogP contribution in [0.15, 0.2) is 39.3 Å². The summed E-state index contributed by atoms with van der Waals surface area (Å²) in [6, 6.07) is 9.87. The van der Waals surface area contributed by atoms with Gasteiger partial charge in [-0.05, 0) is 31.4 Å². The van der Waals surface area contributed by atoms with Crippen LogP contribution in [0.3, 0.4) is 0 Å². The highest BCUT2D eigenvalue weighted by Gasteiger charge is 2.15. The molecule has 20 heavy (non-hydrogen) atoms. The van der Waals surface area contributed by atoms with E-state index >= 15 is 0 Å². The van der Waals surface area contributed by atoms with E-state index in [2.05, 4.69) is 21.1 Å². The normalized spacial score (nSPS) is 19.1. The molecule has 0 radical (unpaired) electrons. The first-order valence-corrected chi connectivity index (χ1v) is 7.55. The fourth-order valence-electron chi connectivity index (χ4n) is 2.16. The summed E-state index contributed by atoms with van der Waals surface area (Å²) in [6.45, 7) is 1.18. The molecule has 2 aromatic rings. The van der Waals surface area contributed by atoms with Crippen molar-refractivity contribution >= 4 is 15.9 Å². The van der Waals surface area contributed by atoms with Gasteiger partial charge < -0.3 is 14.0 Å². The Morgan fingerprint density at radius 3 is 2.85 bits per heavy atom. The first kappa shape index (κ1) is 13.8. The molecule has 0 N–H and O–H groups in total. The Kier molecular flexibility index (Phi) is 4.50. The SMILES string of the molecule is Brc1ccc(-c2cc(COC3CCCCO3)on2)cc1. The van der Waals surface area contributed by atoms with Gasteiger partial charge in [0.25, 0.3) is 0 Å². The number of hydrogen-bond donors (Lipinski definition) is 0. The maximum atomic E-state index is 5.67. The van der Waals surface area contributed by atoms with E-state index in [9.17, 15) is 0 Å². The summed E-state index contributed by atoms with van der Waals surface area (Å²) in [7, 11) is 0. The first-order chi connectivity index (χ1) is 9.81. The van der Waals surface area contributed by atoms with E-state index in [1.54, 1.807) is 0 Å². The van der Waals surface area contributed by atoms with Crippen molar-refractivity contribution in [3.05, 3.63) is 40.6 Å². The quantitative estimate of drug-likeness (QED) is 0.840. The van der Waals surface area contributed by atoms with Crippen LogP contribution < -0.4 is 0 Å². The molecular formula is C15H16BrNO3. The fourth-order valence-corrected chi connectivity index (χ4v) is 2.42. The van der Waals surface area contributed by atoms with Gasteiger partial charge in [-0.25, -0.2) is 0 Å². The molecule has 0 bridgehead atoms. The van der Waals surface area contributed by atoms with Crippen molar-refractivity contribution in [2.45, 2.75) is 32.2 Å². The van der Waals surface area contributed by atoms with Gasteiger partial charge in [0.2, 0.25) is 0 Å². The van der Waals surface area contributed by atoms with Crippen LogP contribution in [0.5, 0.6) is 0 Å². The molecule has 1 aliphatic heterocycles. The van der Waals surface area contributed by atoms with Crippen molar-refractivity contribution < 1.29 is 14.0 Å². The van der Waals surface area contributed by atoms with Crippen molar-refractivity contribution in [3.8, 4) is 11.3 Å². The summed E-state index contributed by atoms with van der Waals surface area (Å²) >= 11 is 3.41. The Morgan fingerprint density at radius 1 is 1.25 bits per heavy atom. The Morgan fingerprint density at radius 2 is 2.10 bits per heavy atom. The largest absolute Gasteiger partial charge is 0.358 e. The minimum atomic E-state index is -0.106. The van der Waals surface area contributed by atoms with Crippen LogP contribution >= 0.6 is 15.9 Å². The Bertz CT molecular complexity index is 547. The van der Waals surface area contributed by atoms with Crippen molar-refractivity contribution in [2.75, 3.05) is 6.61 Å². The van der Waals surface area contributed by atoms with E-state index < -0.39 is 0 Å². The van der Waals surface area contributed by atoms with Gasteiger partial charge in [0.15, 0.2) is 12.1 Å². The molecule has 1 aliphatic rings. The number of halogens is 1. The zero-order valence-electron chi connectivity index (χ0n) is 11.0. The summed E-state index contributed by atoms with van der Waals surface area (Å²) in [5, 5.41) is 4.07. The fraction of sp³-hybridized carbons (Fsp3) is 0.400. The molecule has 2 heterocycles. The van der Waals surface area contributed by atoms with E-state index in [-0.39, 0.29) is 6.29 Å². The molecule has 1 aromatic heterocycles. The van der Waals surface area contributed by atoms with Gasteiger partial charge in [0.1, 0.15) is 12.3 Å². The van der Waals surface area contributed by atoms with Gasteiger partial charge in [-0.15, -0.1) is 0 Å². The zero-order valence-corrected chi connectivity index (χ0v) is 12.6. The lowest BCUT2D eigenvalue weighted by atomic mass is 10.1. The third-order valence-electron chi connectivity index (χ3n) is 3.25. The Labute approximate surface area is 126 Å². The average molecular weight is 338 g/mol. The van der Waals surface area contributed by atoms with Crippen LogP contribution in [0.25, 0.3) is 11.3 Å². The average Bonchev–Trinajstić information content (AvgIpc) is 2.96. The summed E-state index contributed by atoms with van der Waals surface area (Å²) in [4.78, 5) is 0. The molecule has 5 heteroatoms. The molecule has 3 rings (SSSR count). The molecule has 0 amide bonds. The second kappa shape index (κ2) is 6.52. The predicted molar refractivity (Wildman–Crippen MR) is 78.0 cm³/mol. The summed E-state index contributed by atoms with van der Waals surface area (Å²) in [5.74, 6) is 0.720. The monoisotopic (exact) mass is 337 g/mol. The number of hydrogen-bond acceptors (Lipinski definition) is 4. The highest BCUT2D eigenvalue weighted by molar-refractivity contribution is 9.10. The van der Waals surface area contributed by atoms with Crippen molar-refractivity contribution in [1.29, 1.82) is 0 Å². The summed E-state index contributed by atoms with van der Waals surface area (Å²) in [5.41, 5.74) is 1.85. The van der Waals surface area contributed by atoms with Crippen LogP contribution in [0.2, 0.25) is 0 Å². The van der Waals surface area contributed by atoms with Gasteiger partial charge >= 0.3 is 0 Å². The van der Waals surface area contributed by atoms with Gasteiger partial charge in [-0.3, -0.25) is 0 Å². The van der Waals surface area contributed by atoms with E-state index in [4.69, 9.17) is 14.0 Å². The lowest BCUT2D eigenvalue weighted by Crippen LogP contribution is -2.21. The predicted octanol–water partition coefficient (Wildman–Crippen LogP) is 4.15. The van der Waals surface area contributed by atoms with E-state index in [0.29, 0.717) is 6.61 Å². The first-order valence-electron chi connectivity index (χ1n) is 6.76. The Balaban J connectivity index is 1.60. The van der Waals surface area contributed by atoms with Crippen LogP contribution in [0.1, 0.15) is 25.0 Å². The molecule has 106 valence electrons. The number of rotatable bonds is 4. The zero-order chi connectivity index (χ0) is 13.8. The highest BCUT2D eigenvalue weighted by atomic mass is 79.9.